The molecule has 0 amide bonds. The van der Waals surface area contributed by atoms with Crippen LogP contribution in [0.2, 0.25) is 0 Å². The lowest BCUT2D eigenvalue weighted by molar-refractivity contribution is 0.839. The third-order valence-corrected chi connectivity index (χ3v) is 2.67. The van der Waals surface area contributed by atoms with Gasteiger partial charge in [0.15, 0.2) is 5.11 Å². The van der Waals surface area contributed by atoms with Crippen molar-refractivity contribution in [2.24, 2.45) is 5.10 Å². The second-order valence-corrected chi connectivity index (χ2v) is 4.32. The number of pyridine rings is 1. The molecule has 0 aromatic carbocycles. The van der Waals surface area contributed by atoms with Crippen molar-refractivity contribution in [1.82, 2.24) is 25.7 Å². The van der Waals surface area contributed by atoms with Gasteiger partial charge < -0.3 is 5.32 Å². The van der Waals surface area contributed by atoms with Gasteiger partial charge in [-0.2, -0.15) is 5.10 Å². The smallest absolute Gasteiger partial charge is 0.187 e. The SMILES string of the molecule is C/C(=N\NC(=S)NCc1ccccn1)c1ccncn1. The van der Waals surface area contributed by atoms with Gasteiger partial charge in [-0.3, -0.25) is 10.4 Å². The molecule has 102 valence electrons. The molecule has 0 radical (unpaired) electrons. The zero-order valence-electron chi connectivity index (χ0n) is 10.9. The normalized spacial score (nSPS) is 10.9. The molecule has 0 aliphatic carbocycles. The van der Waals surface area contributed by atoms with E-state index in [4.69, 9.17) is 12.2 Å². The van der Waals surface area contributed by atoms with E-state index < -0.39 is 0 Å². The molecule has 2 rings (SSSR count). The molecular formula is C13H14N6S. The Morgan fingerprint density at radius 1 is 1.25 bits per heavy atom. The molecule has 20 heavy (non-hydrogen) atoms. The van der Waals surface area contributed by atoms with Gasteiger partial charge in [0.05, 0.1) is 23.6 Å². The van der Waals surface area contributed by atoms with Gasteiger partial charge >= 0.3 is 0 Å². The molecule has 0 fully saturated rings. The minimum absolute atomic E-state index is 0.434. The summed E-state index contributed by atoms with van der Waals surface area (Å²) in [6.07, 6.45) is 4.88. The van der Waals surface area contributed by atoms with Crippen molar-refractivity contribution in [2.45, 2.75) is 13.5 Å². The Balaban J connectivity index is 1.83. The first-order valence-corrected chi connectivity index (χ1v) is 6.41. The second kappa shape index (κ2) is 7.25. The quantitative estimate of drug-likeness (QED) is 0.501. The molecule has 0 saturated carbocycles. The third-order valence-electron chi connectivity index (χ3n) is 2.43. The van der Waals surface area contributed by atoms with Crippen LogP contribution < -0.4 is 10.7 Å². The van der Waals surface area contributed by atoms with E-state index in [1.54, 1.807) is 18.5 Å². The van der Waals surface area contributed by atoms with E-state index in [0.29, 0.717) is 11.7 Å². The molecule has 6 nitrogen and oxygen atoms in total. The lowest BCUT2D eigenvalue weighted by Crippen LogP contribution is -2.32. The van der Waals surface area contributed by atoms with E-state index in [9.17, 15) is 0 Å². The van der Waals surface area contributed by atoms with Crippen molar-refractivity contribution in [3.05, 3.63) is 54.4 Å². The van der Waals surface area contributed by atoms with Crippen molar-refractivity contribution in [3.8, 4) is 0 Å². The van der Waals surface area contributed by atoms with Crippen LogP contribution in [0.1, 0.15) is 18.3 Å². The molecule has 0 spiro atoms. The maximum Gasteiger partial charge on any atom is 0.187 e. The number of thiocarbonyl (C=S) groups is 1. The Morgan fingerprint density at radius 3 is 2.85 bits per heavy atom. The molecule has 2 heterocycles. The number of nitrogens with zero attached hydrogens (tertiary/aromatic N) is 4. The number of aromatic nitrogens is 3. The summed E-state index contributed by atoms with van der Waals surface area (Å²) in [4.78, 5) is 12.1. The minimum atomic E-state index is 0.434. The molecular weight excluding hydrogens is 272 g/mol. The van der Waals surface area contributed by atoms with Gasteiger partial charge in [-0.25, -0.2) is 9.97 Å². The maximum absolute atomic E-state index is 5.13. The number of nitrogens with one attached hydrogen (secondary N) is 2. The van der Waals surface area contributed by atoms with E-state index >= 15 is 0 Å². The predicted octanol–water partition coefficient (Wildman–Crippen LogP) is 1.26. The van der Waals surface area contributed by atoms with Gasteiger partial charge in [-0.1, -0.05) is 6.07 Å². The first kappa shape index (κ1) is 14.0. The zero-order chi connectivity index (χ0) is 14.2. The van der Waals surface area contributed by atoms with Gasteiger partial charge in [0.25, 0.3) is 0 Å². The van der Waals surface area contributed by atoms with Crippen LogP contribution in [0.25, 0.3) is 0 Å². The predicted molar refractivity (Wildman–Crippen MR) is 81.1 cm³/mol. The minimum Gasteiger partial charge on any atom is -0.356 e. The van der Waals surface area contributed by atoms with Crippen LogP contribution in [0, 0.1) is 0 Å². The zero-order valence-corrected chi connectivity index (χ0v) is 11.8. The summed E-state index contributed by atoms with van der Waals surface area (Å²) in [5.41, 5.74) is 5.16. The van der Waals surface area contributed by atoms with E-state index in [-0.39, 0.29) is 0 Å². The van der Waals surface area contributed by atoms with Gasteiger partial charge in [0, 0.05) is 12.4 Å². The van der Waals surface area contributed by atoms with Crippen molar-refractivity contribution in [1.29, 1.82) is 0 Å². The first-order chi connectivity index (χ1) is 9.75. The van der Waals surface area contributed by atoms with Crippen molar-refractivity contribution in [3.63, 3.8) is 0 Å². The van der Waals surface area contributed by atoms with E-state index in [0.717, 1.165) is 17.1 Å². The van der Waals surface area contributed by atoms with Crippen LogP contribution in [0.3, 0.4) is 0 Å². The van der Waals surface area contributed by atoms with Crippen molar-refractivity contribution >= 4 is 23.0 Å². The molecule has 0 bridgehead atoms. The summed E-state index contributed by atoms with van der Waals surface area (Å²) in [7, 11) is 0. The average Bonchev–Trinajstić information content (AvgIpc) is 2.52. The Kier molecular flexibility index (Phi) is 5.08. The molecule has 0 aliphatic heterocycles. The molecule has 2 aromatic rings. The Hall–Kier alpha value is -2.41. The summed E-state index contributed by atoms with van der Waals surface area (Å²) >= 11 is 5.13. The molecule has 0 unspecified atom stereocenters. The van der Waals surface area contributed by atoms with Gasteiger partial charge in [-0.05, 0) is 37.3 Å². The van der Waals surface area contributed by atoms with Crippen molar-refractivity contribution in [2.75, 3.05) is 0 Å². The standard InChI is InChI=1S/C13H14N6S/c1-10(12-5-7-14-9-17-12)18-19-13(20)16-8-11-4-2-3-6-15-11/h2-7,9H,8H2,1H3,(H2,16,19,20)/b18-10+. The molecule has 0 aliphatic rings. The van der Waals surface area contributed by atoms with Crippen LogP contribution in [0.4, 0.5) is 0 Å². The lowest BCUT2D eigenvalue weighted by atomic mass is 10.3. The Morgan fingerprint density at radius 2 is 2.15 bits per heavy atom. The van der Waals surface area contributed by atoms with Crippen LogP contribution >= 0.6 is 12.2 Å². The molecule has 2 aromatic heterocycles. The second-order valence-electron chi connectivity index (χ2n) is 3.91. The fraction of sp³-hybridized carbons (Fsp3) is 0.154. The topological polar surface area (TPSA) is 75.1 Å². The van der Waals surface area contributed by atoms with Gasteiger partial charge in [0.1, 0.15) is 6.33 Å². The average molecular weight is 286 g/mol. The van der Waals surface area contributed by atoms with Gasteiger partial charge in [0.2, 0.25) is 0 Å². The Labute approximate surface area is 122 Å². The number of hydrogen-bond donors (Lipinski definition) is 2. The van der Waals surface area contributed by atoms with Crippen molar-refractivity contribution < 1.29 is 0 Å². The highest BCUT2D eigenvalue weighted by Crippen LogP contribution is 1.94. The van der Waals surface area contributed by atoms with E-state index in [1.165, 1.54) is 6.33 Å². The fourth-order valence-corrected chi connectivity index (χ4v) is 1.53. The van der Waals surface area contributed by atoms with Crippen LogP contribution in [0.15, 0.2) is 48.1 Å². The van der Waals surface area contributed by atoms with E-state index in [1.807, 2.05) is 25.1 Å². The lowest BCUT2D eigenvalue weighted by Gasteiger charge is -2.07. The fourth-order valence-electron chi connectivity index (χ4n) is 1.41. The highest BCUT2D eigenvalue weighted by atomic mass is 32.1. The highest BCUT2D eigenvalue weighted by Gasteiger charge is 1.99. The van der Waals surface area contributed by atoms with Gasteiger partial charge in [-0.15, -0.1) is 0 Å². The van der Waals surface area contributed by atoms with Crippen LogP contribution in [-0.4, -0.2) is 25.8 Å². The maximum atomic E-state index is 5.13. The highest BCUT2D eigenvalue weighted by molar-refractivity contribution is 7.80. The number of rotatable bonds is 4. The number of hydrogen-bond acceptors (Lipinski definition) is 5. The summed E-state index contributed by atoms with van der Waals surface area (Å²) in [6.45, 7) is 2.39. The summed E-state index contributed by atoms with van der Waals surface area (Å²) in [5.74, 6) is 0. The third kappa shape index (κ3) is 4.36. The summed E-state index contributed by atoms with van der Waals surface area (Å²) < 4.78 is 0. The van der Waals surface area contributed by atoms with Crippen LogP contribution in [-0.2, 0) is 6.54 Å². The molecule has 0 atom stereocenters. The molecule has 2 N–H and O–H groups in total. The first-order valence-electron chi connectivity index (χ1n) is 6.00. The number of hydrazone groups is 1. The molecule has 7 heteroatoms. The Bertz CT molecular complexity index is 584. The largest absolute Gasteiger partial charge is 0.356 e. The monoisotopic (exact) mass is 286 g/mol. The van der Waals surface area contributed by atoms with Crippen LogP contribution in [0.5, 0.6) is 0 Å². The molecule has 0 saturated heterocycles. The summed E-state index contributed by atoms with van der Waals surface area (Å²) in [6, 6.07) is 7.50. The van der Waals surface area contributed by atoms with E-state index in [2.05, 4.69) is 30.8 Å². The summed E-state index contributed by atoms with van der Waals surface area (Å²) in [5, 5.41) is 7.62.